The predicted molar refractivity (Wildman–Crippen MR) is 63.2 cm³/mol. The van der Waals surface area contributed by atoms with E-state index in [1.54, 1.807) is 0 Å². The summed E-state index contributed by atoms with van der Waals surface area (Å²) in [5.74, 6) is -2.21. The van der Waals surface area contributed by atoms with E-state index in [2.05, 4.69) is 9.97 Å². The molecule has 0 saturated carbocycles. The summed E-state index contributed by atoms with van der Waals surface area (Å²) in [6.07, 6.45) is 0. The fourth-order valence-electron chi connectivity index (χ4n) is 1.71. The third-order valence-electron chi connectivity index (χ3n) is 2.46. The van der Waals surface area contributed by atoms with Crippen molar-refractivity contribution in [2.75, 3.05) is 5.73 Å². The lowest BCUT2D eigenvalue weighted by Crippen LogP contribution is -2.06. The van der Waals surface area contributed by atoms with Crippen LogP contribution in [-0.4, -0.2) is 14.9 Å². The molecule has 1 aromatic carbocycles. The summed E-state index contributed by atoms with van der Waals surface area (Å²) in [5, 5.41) is 11.0. The number of hydrogen-bond acceptors (Lipinski definition) is 5. The third-order valence-corrected chi connectivity index (χ3v) is 2.46. The fourth-order valence-corrected chi connectivity index (χ4v) is 1.71. The lowest BCUT2D eigenvalue weighted by atomic mass is 10.1. The lowest BCUT2D eigenvalue weighted by Gasteiger charge is -2.07. The van der Waals surface area contributed by atoms with Crippen molar-refractivity contribution in [2.24, 2.45) is 0 Å². The number of anilines is 1. The number of nitrogens with zero attached hydrogens (tertiary/aromatic N) is 3. The number of benzene rings is 1. The Morgan fingerprint density at radius 2 is 1.84 bits per heavy atom. The lowest BCUT2D eigenvalue weighted by molar-refractivity contribution is -0.385. The molecule has 0 amide bonds. The topological polar surface area (TPSA) is 94.9 Å². The monoisotopic (exact) mass is 266 g/mol. The SMILES string of the molecule is Cc1nc(N)nc(-c2c(F)cccc2F)c1[N+](=O)[O-]. The number of halogens is 2. The van der Waals surface area contributed by atoms with Crippen LogP contribution in [0.2, 0.25) is 0 Å². The van der Waals surface area contributed by atoms with Gasteiger partial charge in [-0.2, -0.15) is 0 Å². The van der Waals surface area contributed by atoms with Crippen LogP contribution in [0.3, 0.4) is 0 Å². The van der Waals surface area contributed by atoms with E-state index in [1.807, 2.05) is 0 Å². The normalized spacial score (nSPS) is 10.5. The van der Waals surface area contributed by atoms with E-state index in [4.69, 9.17) is 5.73 Å². The first-order valence-corrected chi connectivity index (χ1v) is 5.14. The van der Waals surface area contributed by atoms with Crippen molar-refractivity contribution >= 4 is 11.6 Å². The van der Waals surface area contributed by atoms with Crippen molar-refractivity contribution < 1.29 is 13.7 Å². The minimum absolute atomic E-state index is 0.0600. The van der Waals surface area contributed by atoms with Gasteiger partial charge in [0, 0.05) is 0 Å². The molecule has 0 spiro atoms. The number of nitro groups is 1. The number of aryl methyl sites for hydroxylation is 1. The summed E-state index contributed by atoms with van der Waals surface area (Å²) >= 11 is 0. The molecule has 2 rings (SSSR count). The second-order valence-corrected chi connectivity index (χ2v) is 3.72. The molecule has 0 radical (unpaired) electrons. The summed E-state index contributed by atoms with van der Waals surface area (Å²) in [7, 11) is 0. The summed E-state index contributed by atoms with van der Waals surface area (Å²) < 4.78 is 27.4. The van der Waals surface area contributed by atoms with Gasteiger partial charge in [0.2, 0.25) is 5.95 Å². The van der Waals surface area contributed by atoms with Crippen LogP contribution in [0.15, 0.2) is 18.2 Å². The largest absolute Gasteiger partial charge is 0.368 e. The van der Waals surface area contributed by atoms with Crippen LogP contribution in [0.5, 0.6) is 0 Å². The van der Waals surface area contributed by atoms with E-state index in [-0.39, 0.29) is 11.6 Å². The van der Waals surface area contributed by atoms with E-state index in [9.17, 15) is 18.9 Å². The van der Waals surface area contributed by atoms with Crippen LogP contribution in [0.1, 0.15) is 5.69 Å². The van der Waals surface area contributed by atoms with Crippen LogP contribution in [0.4, 0.5) is 20.4 Å². The van der Waals surface area contributed by atoms with Crippen molar-refractivity contribution in [3.63, 3.8) is 0 Å². The summed E-state index contributed by atoms with van der Waals surface area (Å²) in [6.45, 7) is 1.32. The molecule has 0 fully saturated rings. The van der Waals surface area contributed by atoms with E-state index in [0.717, 1.165) is 18.2 Å². The Kier molecular flexibility index (Phi) is 3.07. The van der Waals surface area contributed by atoms with E-state index < -0.39 is 33.5 Å². The van der Waals surface area contributed by atoms with Crippen molar-refractivity contribution in [3.05, 3.63) is 45.6 Å². The van der Waals surface area contributed by atoms with Gasteiger partial charge in [-0.05, 0) is 19.1 Å². The fraction of sp³-hybridized carbons (Fsp3) is 0.0909. The van der Waals surface area contributed by atoms with E-state index >= 15 is 0 Å². The average molecular weight is 266 g/mol. The highest BCUT2D eigenvalue weighted by molar-refractivity contribution is 5.72. The summed E-state index contributed by atoms with van der Waals surface area (Å²) in [6, 6.07) is 3.11. The summed E-state index contributed by atoms with van der Waals surface area (Å²) in [4.78, 5) is 17.4. The molecule has 98 valence electrons. The Labute approximate surface area is 106 Å². The Morgan fingerprint density at radius 3 is 2.37 bits per heavy atom. The first kappa shape index (κ1) is 12.8. The van der Waals surface area contributed by atoms with Gasteiger partial charge in [-0.15, -0.1) is 0 Å². The second kappa shape index (κ2) is 4.56. The third kappa shape index (κ3) is 2.19. The molecular weight excluding hydrogens is 258 g/mol. The Hall–Kier alpha value is -2.64. The van der Waals surface area contributed by atoms with Gasteiger partial charge in [0.25, 0.3) is 0 Å². The number of rotatable bonds is 2. The van der Waals surface area contributed by atoms with Crippen LogP contribution < -0.4 is 5.73 Å². The molecule has 0 aliphatic heterocycles. The molecule has 1 aromatic heterocycles. The zero-order chi connectivity index (χ0) is 14.2. The molecule has 19 heavy (non-hydrogen) atoms. The molecule has 0 atom stereocenters. The summed E-state index contributed by atoms with van der Waals surface area (Å²) in [5.41, 5.74) is 3.69. The van der Waals surface area contributed by atoms with Gasteiger partial charge in [-0.3, -0.25) is 10.1 Å². The molecular formula is C11H8F2N4O2. The standard InChI is InChI=1S/C11H8F2N4O2/c1-5-10(17(18)19)9(16-11(14)15-5)8-6(12)3-2-4-7(8)13/h2-4H,1H3,(H2,14,15,16). The molecule has 0 unspecified atom stereocenters. The number of nitrogens with two attached hydrogens (primary N) is 1. The Morgan fingerprint density at radius 1 is 1.26 bits per heavy atom. The van der Waals surface area contributed by atoms with Crippen LogP contribution in [-0.2, 0) is 0 Å². The molecule has 1 heterocycles. The maximum absolute atomic E-state index is 13.7. The molecule has 0 bridgehead atoms. The van der Waals surface area contributed by atoms with Crippen LogP contribution in [0.25, 0.3) is 11.3 Å². The van der Waals surface area contributed by atoms with Crippen molar-refractivity contribution in [2.45, 2.75) is 6.92 Å². The number of nitrogen functional groups attached to an aromatic ring is 1. The van der Waals surface area contributed by atoms with Crippen LogP contribution in [0, 0.1) is 28.7 Å². The molecule has 8 heteroatoms. The zero-order valence-corrected chi connectivity index (χ0v) is 9.72. The van der Waals surface area contributed by atoms with Gasteiger partial charge in [-0.25, -0.2) is 18.7 Å². The van der Waals surface area contributed by atoms with Gasteiger partial charge in [0.15, 0.2) is 5.69 Å². The van der Waals surface area contributed by atoms with Crippen LogP contribution >= 0.6 is 0 Å². The smallest absolute Gasteiger partial charge is 0.316 e. The molecule has 0 aliphatic carbocycles. The van der Waals surface area contributed by atoms with Gasteiger partial charge < -0.3 is 5.73 Å². The van der Waals surface area contributed by atoms with Gasteiger partial charge >= 0.3 is 5.69 Å². The van der Waals surface area contributed by atoms with Gasteiger partial charge in [-0.1, -0.05) is 6.07 Å². The molecule has 0 aliphatic rings. The minimum Gasteiger partial charge on any atom is -0.368 e. The molecule has 0 saturated heterocycles. The van der Waals surface area contributed by atoms with Crippen molar-refractivity contribution in [3.8, 4) is 11.3 Å². The maximum Gasteiger partial charge on any atom is 0.316 e. The van der Waals surface area contributed by atoms with Gasteiger partial charge in [0.1, 0.15) is 17.3 Å². The quantitative estimate of drug-likeness (QED) is 0.664. The van der Waals surface area contributed by atoms with E-state index in [1.165, 1.54) is 6.92 Å². The molecule has 6 nitrogen and oxygen atoms in total. The minimum atomic E-state index is -0.958. The van der Waals surface area contributed by atoms with E-state index in [0.29, 0.717) is 0 Å². The number of aromatic nitrogens is 2. The molecule has 2 N–H and O–H groups in total. The predicted octanol–water partition coefficient (Wildman–Crippen LogP) is 2.22. The number of hydrogen-bond donors (Lipinski definition) is 1. The first-order chi connectivity index (χ1) is 8.91. The van der Waals surface area contributed by atoms with Crippen molar-refractivity contribution in [1.82, 2.24) is 9.97 Å². The first-order valence-electron chi connectivity index (χ1n) is 5.14. The Bertz CT molecular complexity index is 656. The highest BCUT2D eigenvalue weighted by atomic mass is 19.1. The molecule has 2 aromatic rings. The van der Waals surface area contributed by atoms with Crippen molar-refractivity contribution in [1.29, 1.82) is 0 Å². The highest BCUT2D eigenvalue weighted by Gasteiger charge is 2.26. The zero-order valence-electron chi connectivity index (χ0n) is 9.72. The Balaban J connectivity index is 2.85. The second-order valence-electron chi connectivity index (χ2n) is 3.72. The maximum atomic E-state index is 13.7. The average Bonchev–Trinajstić information content (AvgIpc) is 2.26. The highest BCUT2D eigenvalue weighted by Crippen LogP contribution is 2.33. The van der Waals surface area contributed by atoms with Gasteiger partial charge in [0.05, 0.1) is 10.5 Å².